The molecule has 0 bridgehead atoms. The van der Waals surface area contributed by atoms with Crippen LogP contribution in [0.3, 0.4) is 0 Å². The molecule has 0 unspecified atom stereocenters. The summed E-state index contributed by atoms with van der Waals surface area (Å²) in [6.45, 7) is 7.22. The molecule has 0 saturated carbocycles. The quantitative estimate of drug-likeness (QED) is 0.325. The van der Waals surface area contributed by atoms with Gasteiger partial charge in [-0.1, -0.05) is 91.4 Å². The van der Waals surface area contributed by atoms with Crippen molar-refractivity contribution >= 4 is 22.8 Å². The zero-order chi connectivity index (χ0) is 26.2. The number of aryl methyl sites for hydroxylation is 1. The fourth-order valence-electron chi connectivity index (χ4n) is 4.35. The van der Waals surface area contributed by atoms with Gasteiger partial charge in [-0.15, -0.1) is 5.10 Å². The Hall–Kier alpha value is -4.00. The number of amides is 2. The standard InChI is InChI=1S/C30H35N5O2/c1-22(2)17-19-31-30(37)29(25-15-13-23(3)14-16-25)34(20-18-24-9-5-4-6-10-24)28(36)21-35-27-12-8-7-11-26(27)32-33-35/h4-16,22,29H,17-21H2,1-3H3,(H,31,37)/t29-/m1/s1. The van der Waals surface area contributed by atoms with E-state index in [-0.39, 0.29) is 18.4 Å². The van der Waals surface area contributed by atoms with E-state index in [1.165, 1.54) is 0 Å². The summed E-state index contributed by atoms with van der Waals surface area (Å²) >= 11 is 0. The molecule has 0 aliphatic carbocycles. The Labute approximate surface area is 218 Å². The van der Waals surface area contributed by atoms with Crippen LogP contribution in [0.4, 0.5) is 0 Å². The third-order valence-electron chi connectivity index (χ3n) is 6.48. The molecule has 0 saturated heterocycles. The smallest absolute Gasteiger partial charge is 0.247 e. The summed E-state index contributed by atoms with van der Waals surface area (Å²) < 4.78 is 1.61. The number of fused-ring (bicyclic) bond motifs is 1. The van der Waals surface area contributed by atoms with Gasteiger partial charge in [0.25, 0.3) is 0 Å². The fourth-order valence-corrected chi connectivity index (χ4v) is 4.35. The van der Waals surface area contributed by atoms with Crippen molar-refractivity contribution in [3.8, 4) is 0 Å². The van der Waals surface area contributed by atoms with Crippen LogP contribution in [-0.2, 0) is 22.6 Å². The van der Waals surface area contributed by atoms with Crippen molar-refractivity contribution in [1.29, 1.82) is 0 Å². The van der Waals surface area contributed by atoms with Gasteiger partial charge in [0.05, 0.1) is 5.52 Å². The molecule has 0 aliphatic rings. The largest absolute Gasteiger partial charge is 0.354 e. The second-order valence-corrected chi connectivity index (χ2v) is 9.85. The van der Waals surface area contributed by atoms with Crippen molar-refractivity contribution in [2.75, 3.05) is 13.1 Å². The minimum atomic E-state index is -0.751. The molecule has 0 radical (unpaired) electrons. The van der Waals surface area contributed by atoms with E-state index < -0.39 is 6.04 Å². The average Bonchev–Trinajstić information content (AvgIpc) is 3.30. The molecular weight excluding hydrogens is 462 g/mol. The summed E-state index contributed by atoms with van der Waals surface area (Å²) in [5.41, 5.74) is 4.51. The third-order valence-corrected chi connectivity index (χ3v) is 6.48. The summed E-state index contributed by atoms with van der Waals surface area (Å²) in [6, 6.07) is 24.7. The normalized spacial score (nSPS) is 12.0. The molecule has 7 heteroatoms. The number of carbonyl (C=O) groups is 2. The number of para-hydroxylation sites is 1. The maximum absolute atomic E-state index is 13.9. The maximum atomic E-state index is 13.9. The van der Waals surface area contributed by atoms with Crippen LogP contribution >= 0.6 is 0 Å². The number of hydrogen-bond donors (Lipinski definition) is 1. The number of carbonyl (C=O) groups excluding carboxylic acids is 2. The van der Waals surface area contributed by atoms with Crippen LogP contribution in [0.15, 0.2) is 78.9 Å². The van der Waals surface area contributed by atoms with Gasteiger partial charge in [0.2, 0.25) is 11.8 Å². The minimum absolute atomic E-state index is 0.00304. The Kier molecular flexibility index (Phi) is 8.67. The molecule has 2 amide bonds. The van der Waals surface area contributed by atoms with Crippen molar-refractivity contribution in [1.82, 2.24) is 25.2 Å². The number of hydrogen-bond acceptors (Lipinski definition) is 4. The highest BCUT2D eigenvalue weighted by Gasteiger charge is 2.31. The van der Waals surface area contributed by atoms with E-state index in [1.807, 2.05) is 85.8 Å². The maximum Gasteiger partial charge on any atom is 0.247 e. The van der Waals surface area contributed by atoms with Crippen LogP contribution in [0.5, 0.6) is 0 Å². The Bertz CT molecular complexity index is 1310. The number of aromatic nitrogens is 3. The molecule has 0 spiro atoms. The van der Waals surface area contributed by atoms with Gasteiger partial charge < -0.3 is 10.2 Å². The lowest BCUT2D eigenvalue weighted by atomic mass is 10.0. The lowest BCUT2D eigenvalue weighted by Gasteiger charge is -2.32. The van der Waals surface area contributed by atoms with E-state index in [1.54, 1.807) is 9.58 Å². The van der Waals surface area contributed by atoms with E-state index in [0.717, 1.165) is 34.1 Å². The van der Waals surface area contributed by atoms with Crippen molar-refractivity contribution < 1.29 is 9.59 Å². The van der Waals surface area contributed by atoms with Crippen LogP contribution in [0.2, 0.25) is 0 Å². The SMILES string of the molecule is Cc1ccc([C@H](C(=O)NCCC(C)C)N(CCc2ccccc2)C(=O)Cn2nnc3ccccc32)cc1. The van der Waals surface area contributed by atoms with Gasteiger partial charge in [-0.2, -0.15) is 0 Å². The van der Waals surface area contributed by atoms with Gasteiger partial charge in [-0.3, -0.25) is 9.59 Å². The summed E-state index contributed by atoms with van der Waals surface area (Å²) in [4.78, 5) is 29.2. The van der Waals surface area contributed by atoms with Crippen molar-refractivity contribution in [3.05, 3.63) is 95.6 Å². The fraction of sp³-hybridized carbons (Fsp3) is 0.333. The lowest BCUT2D eigenvalue weighted by molar-refractivity contribution is -0.141. The highest BCUT2D eigenvalue weighted by molar-refractivity contribution is 5.89. The first-order chi connectivity index (χ1) is 17.9. The number of nitrogens with zero attached hydrogens (tertiary/aromatic N) is 4. The van der Waals surface area contributed by atoms with Crippen molar-refractivity contribution in [3.63, 3.8) is 0 Å². The molecule has 4 aromatic rings. The first-order valence-corrected chi connectivity index (χ1v) is 12.9. The molecular formula is C30H35N5O2. The summed E-state index contributed by atoms with van der Waals surface area (Å²) in [6.07, 6.45) is 1.50. The van der Waals surface area contributed by atoms with E-state index in [2.05, 4.69) is 29.5 Å². The molecule has 1 heterocycles. The molecule has 37 heavy (non-hydrogen) atoms. The molecule has 1 aromatic heterocycles. The van der Waals surface area contributed by atoms with Gasteiger partial charge in [0.15, 0.2) is 0 Å². The minimum Gasteiger partial charge on any atom is -0.354 e. The van der Waals surface area contributed by atoms with E-state index >= 15 is 0 Å². The molecule has 0 aliphatic heterocycles. The molecule has 192 valence electrons. The predicted molar refractivity (Wildman–Crippen MR) is 146 cm³/mol. The van der Waals surface area contributed by atoms with Gasteiger partial charge in [0, 0.05) is 13.1 Å². The second kappa shape index (κ2) is 12.3. The number of nitrogens with one attached hydrogen (secondary N) is 1. The van der Waals surface area contributed by atoms with E-state index in [4.69, 9.17) is 0 Å². The zero-order valence-electron chi connectivity index (χ0n) is 21.8. The first kappa shape index (κ1) is 26.1. The monoisotopic (exact) mass is 497 g/mol. The molecule has 1 atom stereocenters. The molecule has 4 rings (SSSR count). The summed E-state index contributed by atoms with van der Waals surface area (Å²) in [5.74, 6) is 0.111. The number of benzene rings is 3. The van der Waals surface area contributed by atoms with Gasteiger partial charge >= 0.3 is 0 Å². The summed E-state index contributed by atoms with van der Waals surface area (Å²) in [7, 11) is 0. The molecule has 3 aromatic carbocycles. The highest BCUT2D eigenvalue weighted by Crippen LogP contribution is 2.24. The van der Waals surface area contributed by atoms with Crippen LogP contribution in [0.1, 0.15) is 43.0 Å². The van der Waals surface area contributed by atoms with Crippen molar-refractivity contribution in [2.45, 2.75) is 46.2 Å². The highest BCUT2D eigenvalue weighted by atomic mass is 16.2. The first-order valence-electron chi connectivity index (χ1n) is 12.9. The number of rotatable bonds is 11. The predicted octanol–water partition coefficient (Wildman–Crippen LogP) is 4.71. The Morgan fingerprint density at radius 2 is 1.65 bits per heavy atom. The van der Waals surface area contributed by atoms with Gasteiger partial charge in [-0.05, 0) is 48.9 Å². The van der Waals surface area contributed by atoms with Crippen LogP contribution < -0.4 is 5.32 Å². The van der Waals surface area contributed by atoms with Crippen molar-refractivity contribution in [2.24, 2.45) is 5.92 Å². The summed E-state index contributed by atoms with van der Waals surface area (Å²) in [5, 5.41) is 11.5. The Balaban J connectivity index is 1.66. The molecule has 7 nitrogen and oxygen atoms in total. The second-order valence-electron chi connectivity index (χ2n) is 9.85. The third kappa shape index (κ3) is 6.82. The zero-order valence-corrected chi connectivity index (χ0v) is 21.8. The van der Waals surface area contributed by atoms with Crippen LogP contribution in [-0.4, -0.2) is 44.8 Å². The van der Waals surface area contributed by atoms with Gasteiger partial charge in [0.1, 0.15) is 18.1 Å². The van der Waals surface area contributed by atoms with Crippen LogP contribution in [0, 0.1) is 12.8 Å². The van der Waals surface area contributed by atoms with E-state index in [0.29, 0.717) is 25.4 Å². The molecule has 1 N–H and O–H groups in total. The van der Waals surface area contributed by atoms with E-state index in [9.17, 15) is 9.59 Å². The van der Waals surface area contributed by atoms with Gasteiger partial charge in [-0.25, -0.2) is 4.68 Å². The Morgan fingerprint density at radius 3 is 2.38 bits per heavy atom. The molecule has 0 fully saturated rings. The topological polar surface area (TPSA) is 80.1 Å². The van der Waals surface area contributed by atoms with Crippen LogP contribution in [0.25, 0.3) is 11.0 Å². The lowest BCUT2D eigenvalue weighted by Crippen LogP contribution is -2.46. The Morgan fingerprint density at radius 1 is 0.946 bits per heavy atom. The average molecular weight is 498 g/mol.